The van der Waals surface area contributed by atoms with Gasteiger partial charge in [-0.05, 0) is 31.7 Å². The Hall–Kier alpha value is -1.75. The van der Waals surface area contributed by atoms with Crippen molar-refractivity contribution in [2.24, 2.45) is 0 Å². The third-order valence-electron chi connectivity index (χ3n) is 2.22. The fourth-order valence-corrected chi connectivity index (χ4v) is 1.41. The van der Waals surface area contributed by atoms with Crippen LogP contribution >= 0.6 is 0 Å². The van der Waals surface area contributed by atoms with Crippen molar-refractivity contribution < 1.29 is 8.81 Å². The maximum absolute atomic E-state index is 13.1. The average Bonchev–Trinajstić information content (AvgIpc) is 2.71. The van der Waals surface area contributed by atoms with E-state index in [0.717, 1.165) is 5.56 Å². The Kier molecular flexibility index (Phi) is 2.96. The summed E-state index contributed by atoms with van der Waals surface area (Å²) in [4.78, 5) is 0. The molecule has 0 atom stereocenters. The quantitative estimate of drug-likeness (QED) is 0.860. The minimum atomic E-state index is -0.311. The van der Waals surface area contributed by atoms with Crippen LogP contribution in [0.25, 0.3) is 11.5 Å². The highest BCUT2D eigenvalue weighted by atomic mass is 19.1. The van der Waals surface area contributed by atoms with Crippen molar-refractivity contribution in [1.82, 2.24) is 15.5 Å². The first-order chi connectivity index (χ1) is 7.70. The number of aryl methyl sites for hydroxylation is 1. The lowest BCUT2D eigenvalue weighted by molar-refractivity contribution is 0.489. The zero-order valence-electron chi connectivity index (χ0n) is 9.12. The molecule has 2 rings (SSSR count). The summed E-state index contributed by atoms with van der Waals surface area (Å²) in [6, 6.07) is 4.49. The van der Waals surface area contributed by atoms with Gasteiger partial charge in [-0.2, -0.15) is 0 Å². The first-order valence-electron chi connectivity index (χ1n) is 4.94. The van der Waals surface area contributed by atoms with Gasteiger partial charge in [0.25, 0.3) is 0 Å². The molecule has 0 amide bonds. The predicted octanol–water partition coefficient (Wildman–Crippen LogP) is 1.90. The number of nitrogens with zero attached hydrogens (tertiary/aromatic N) is 2. The Balaban J connectivity index is 2.38. The number of benzene rings is 1. The summed E-state index contributed by atoms with van der Waals surface area (Å²) >= 11 is 0. The molecule has 0 bridgehead atoms. The second-order valence-corrected chi connectivity index (χ2v) is 3.49. The van der Waals surface area contributed by atoms with E-state index in [1.807, 2.05) is 6.92 Å². The van der Waals surface area contributed by atoms with E-state index in [1.54, 1.807) is 13.1 Å². The smallest absolute Gasteiger partial charge is 0.248 e. The van der Waals surface area contributed by atoms with Gasteiger partial charge in [0, 0.05) is 5.56 Å². The molecule has 0 radical (unpaired) electrons. The highest BCUT2D eigenvalue weighted by Gasteiger charge is 2.11. The van der Waals surface area contributed by atoms with Crippen LogP contribution in [0.5, 0.6) is 0 Å². The molecule has 84 valence electrons. The van der Waals surface area contributed by atoms with E-state index in [-0.39, 0.29) is 5.82 Å². The lowest BCUT2D eigenvalue weighted by Crippen LogP contribution is -2.04. The molecule has 0 aliphatic carbocycles. The third kappa shape index (κ3) is 2.09. The maximum atomic E-state index is 13.1. The Morgan fingerprint density at radius 3 is 2.94 bits per heavy atom. The Morgan fingerprint density at radius 1 is 1.38 bits per heavy atom. The highest BCUT2D eigenvalue weighted by Crippen LogP contribution is 2.22. The van der Waals surface area contributed by atoms with Crippen molar-refractivity contribution in [1.29, 1.82) is 0 Å². The molecule has 0 aliphatic heterocycles. The molecule has 16 heavy (non-hydrogen) atoms. The van der Waals surface area contributed by atoms with Gasteiger partial charge in [0.1, 0.15) is 5.82 Å². The van der Waals surface area contributed by atoms with E-state index in [1.165, 1.54) is 12.1 Å². The largest absolute Gasteiger partial charge is 0.419 e. The van der Waals surface area contributed by atoms with Crippen molar-refractivity contribution in [3.63, 3.8) is 0 Å². The molecule has 5 heteroatoms. The third-order valence-corrected chi connectivity index (χ3v) is 2.22. The zero-order chi connectivity index (χ0) is 11.5. The van der Waals surface area contributed by atoms with Crippen LogP contribution in [0.1, 0.15) is 11.5 Å². The highest BCUT2D eigenvalue weighted by molar-refractivity contribution is 5.57. The van der Waals surface area contributed by atoms with Gasteiger partial charge in [-0.3, -0.25) is 0 Å². The van der Waals surface area contributed by atoms with Gasteiger partial charge < -0.3 is 9.73 Å². The molecular formula is C11H12FN3O. The molecule has 0 saturated carbocycles. The van der Waals surface area contributed by atoms with E-state index < -0.39 is 0 Å². The normalized spacial score (nSPS) is 10.7. The van der Waals surface area contributed by atoms with Gasteiger partial charge >= 0.3 is 0 Å². The van der Waals surface area contributed by atoms with Gasteiger partial charge in [0.15, 0.2) is 0 Å². The molecule has 0 saturated heterocycles. The summed E-state index contributed by atoms with van der Waals surface area (Å²) in [5.41, 5.74) is 1.54. The van der Waals surface area contributed by atoms with Crippen molar-refractivity contribution >= 4 is 0 Å². The van der Waals surface area contributed by atoms with Crippen LogP contribution in [0, 0.1) is 12.7 Å². The standard InChI is InChI=1S/C11H12FN3O/c1-7-3-4-8(12)5-9(7)11-15-14-10(16-11)6-13-2/h3-5,13H,6H2,1-2H3. The van der Waals surface area contributed by atoms with E-state index in [9.17, 15) is 4.39 Å². The minimum Gasteiger partial charge on any atom is -0.419 e. The van der Waals surface area contributed by atoms with Crippen LogP contribution < -0.4 is 5.32 Å². The fraction of sp³-hybridized carbons (Fsp3) is 0.273. The van der Waals surface area contributed by atoms with Gasteiger partial charge in [-0.15, -0.1) is 10.2 Å². The molecular weight excluding hydrogens is 209 g/mol. The summed E-state index contributed by atoms with van der Waals surface area (Å²) < 4.78 is 18.5. The summed E-state index contributed by atoms with van der Waals surface area (Å²) in [5.74, 6) is 0.525. The monoisotopic (exact) mass is 221 g/mol. The Morgan fingerprint density at radius 2 is 2.19 bits per heavy atom. The average molecular weight is 221 g/mol. The molecule has 1 N–H and O–H groups in total. The van der Waals surface area contributed by atoms with E-state index in [2.05, 4.69) is 15.5 Å². The van der Waals surface area contributed by atoms with Gasteiger partial charge in [0.05, 0.1) is 6.54 Å². The van der Waals surface area contributed by atoms with E-state index in [0.29, 0.717) is 23.9 Å². The number of nitrogens with one attached hydrogen (secondary N) is 1. The first-order valence-corrected chi connectivity index (χ1v) is 4.94. The molecule has 0 fully saturated rings. The molecule has 0 unspecified atom stereocenters. The SMILES string of the molecule is CNCc1nnc(-c2cc(F)ccc2C)o1. The number of hydrogen-bond donors (Lipinski definition) is 1. The minimum absolute atomic E-state index is 0.311. The summed E-state index contributed by atoms with van der Waals surface area (Å²) in [6.45, 7) is 2.37. The number of rotatable bonds is 3. The summed E-state index contributed by atoms with van der Waals surface area (Å²) in [5, 5.41) is 10.6. The van der Waals surface area contributed by atoms with Crippen molar-refractivity contribution in [3.05, 3.63) is 35.5 Å². The van der Waals surface area contributed by atoms with Crippen molar-refractivity contribution in [2.75, 3.05) is 7.05 Å². The van der Waals surface area contributed by atoms with Gasteiger partial charge in [0.2, 0.25) is 11.8 Å². The van der Waals surface area contributed by atoms with E-state index >= 15 is 0 Å². The maximum Gasteiger partial charge on any atom is 0.248 e. The summed E-state index contributed by atoms with van der Waals surface area (Å²) in [6.07, 6.45) is 0. The van der Waals surface area contributed by atoms with Crippen LogP contribution in [-0.4, -0.2) is 17.2 Å². The Bertz CT molecular complexity index is 496. The predicted molar refractivity (Wildman–Crippen MR) is 57.2 cm³/mol. The molecule has 2 aromatic rings. The van der Waals surface area contributed by atoms with Crippen molar-refractivity contribution in [2.45, 2.75) is 13.5 Å². The molecule has 0 aliphatic rings. The van der Waals surface area contributed by atoms with Crippen LogP contribution in [0.4, 0.5) is 4.39 Å². The molecule has 1 aromatic heterocycles. The van der Waals surface area contributed by atoms with Crippen LogP contribution in [-0.2, 0) is 6.54 Å². The molecule has 0 spiro atoms. The second kappa shape index (κ2) is 4.40. The van der Waals surface area contributed by atoms with Crippen LogP contribution in [0.15, 0.2) is 22.6 Å². The molecule has 4 nitrogen and oxygen atoms in total. The first kappa shape index (κ1) is 10.8. The topological polar surface area (TPSA) is 51.0 Å². The van der Waals surface area contributed by atoms with Gasteiger partial charge in [-0.1, -0.05) is 6.07 Å². The summed E-state index contributed by atoms with van der Waals surface area (Å²) in [7, 11) is 1.79. The van der Waals surface area contributed by atoms with Crippen LogP contribution in [0.3, 0.4) is 0 Å². The lowest BCUT2D eigenvalue weighted by Gasteiger charge is -2.00. The zero-order valence-corrected chi connectivity index (χ0v) is 9.12. The number of hydrogen-bond acceptors (Lipinski definition) is 4. The lowest BCUT2D eigenvalue weighted by atomic mass is 10.1. The van der Waals surface area contributed by atoms with Crippen LogP contribution in [0.2, 0.25) is 0 Å². The van der Waals surface area contributed by atoms with E-state index in [4.69, 9.17) is 4.42 Å². The number of halogens is 1. The second-order valence-electron chi connectivity index (χ2n) is 3.49. The van der Waals surface area contributed by atoms with Crippen molar-refractivity contribution in [3.8, 4) is 11.5 Å². The number of aromatic nitrogens is 2. The Labute approximate surface area is 92.5 Å². The fourth-order valence-electron chi connectivity index (χ4n) is 1.41. The molecule has 1 heterocycles. The van der Waals surface area contributed by atoms with Gasteiger partial charge in [-0.25, -0.2) is 4.39 Å². The molecule has 1 aromatic carbocycles.